The number of anilines is 1. The normalized spacial score (nSPS) is 11.6. The first-order valence-electron chi connectivity index (χ1n) is 6.05. The van der Waals surface area contributed by atoms with Crippen LogP contribution in [0.5, 0.6) is 0 Å². The highest BCUT2D eigenvalue weighted by Crippen LogP contribution is 2.29. The first-order valence-corrected chi connectivity index (χ1v) is 9.23. The Labute approximate surface area is 135 Å². The molecule has 1 aromatic heterocycles. The maximum absolute atomic E-state index is 12.2. The molecule has 1 heterocycles. The maximum Gasteiger partial charge on any atom is 0.269 e. The lowest BCUT2D eigenvalue weighted by atomic mass is 10.3. The minimum Gasteiger partial charge on any atom is -0.258 e. The van der Waals surface area contributed by atoms with E-state index >= 15 is 0 Å². The van der Waals surface area contributed by atoms with Crippen LogP contribution in [-0.4, -0.2) is 28.8 Å². The van der Waals surface area contributed by atoms with Crippen molar-refractivity contribution < 1.29 is 13.3 Å². The third-order valence-electron chi connectivity index (χ3n) is 2.32. The molecule has 1 N–H and O–H groups in total. The number of hydrogen-bond acceptors (Lipinski definition) is 8. The predicted octanol–water partition coefficient (Wildman–Crippen LogP) is 2.75. The van der Waals surface area contributed by atoms with E-state index in [1.165, 1.54) is 23.9 Å². The number of nitrogens with zero attached hydrogens (tertiary/aromatic N) is 3. The van der Waals surface area contributed by atoms with Gasteiger partial charge in [0.2, 0.25) is 5.13 Å². The van der Waals surface area contributed by atoms with E-state index in [1.54, 1.807) is 0 Å². The van der Waals surface area contributed by atoms with Crippen molar-refractivity contribution >= 4 is 43.9 Å². The van der Waals surface area contributed by atoms with Crippen LogP contribution < -0.4 is 4.72 Å². The smallest absolute Gasteiger partial charge is 0.258 e. The number of sulfonamides is 1. The Morgan fingerprint density at radius 1 is 1.27 bits per heavy atom. The number of non-ortho nitro benzene ring substituents is 1. The Kier molecular flexibility index (Phi) is 4.98. The number of thioether (sulfide) groups is 1. The SMILES string of the molecule is CC(C)Sc1nnc(NS(=O)(=O)c2ccc([N+](=O)[O-])cc2)s1. The van der Waals surface area contributed by atoms with Crippen LogP contribution in [-0.2, 0) is 10.0 Å². The van der Waals surface area contributed by atoms with Crippen LogP contribution in [0.15, 0.2) is 33.5 Å². The van der Waals surface area contributed by atoms with Crippen molar-refractivity contribution in [1.82, 2.24) is 10.2 Å². The van der Waals surface area contributed by atoms with Gasteiger partial charge in [-0.05, 0) is 12.1 Å². The zero-order valence-electron chi connectivity index (χ0n) is 11.6. The summed E-state index contributed by atoms with van der Waals surface area (Å²) in [6, 6.07) is 4.61. The van der Waals surface area contributed by atoms with Gasteiger partial charge in [0, 0.05) is 17.4 Å². The molecule has 0 aliphatic rings. The zero-order chi connectivity index (χ0) is 16.3. The lowest BCUT2D eigenvalue weighted by Gasteiger charge is -2.04. The molecule has 11 heteroatoms. The van der Waals surface area contributed by atoms with Crippen molar-refractivity contribution in [1.29, 1.82) is 0 Å². The maximum atomic E-state index is 12.2. The predicted molar refractivity (Wildman–Crippen MR) is 84.8 cm³/mol. The number of rotatable bonds is 6. The Hall–Kier alpha value is -1.72. The molecule has 0 bridgehead atoms. The van der Waals surface area contributed by atoms with Gasteiger partial charge in [-0.25, -0.2) is 8.42 Å². The van der Waals surface area contributed by atoms with Crippen molar-refractivity contribution in [3.8, 4) is 0 Å². The van der Waals surface area contributed by atoms with E-state index in [1.807, 2.05) is 13.8 Å². The molecule has 22 heavy (non-hydrogen) atoms. The summed E-state index contributed by atoms with van der Waals surface area (Å²) < 4.78 is 27.3. The van der Waals surface area contributed by atoms with Crippen molar-refractivity contribution in [3.63, 3.8) is 0 Å². The second-order valence-corrected chi connectivity index (χ2v) is 8.88. The highest BCUT2D eigenvalue weighted by atomic mass is 32.2. The number of nitro groups is 1. The summed E-state index contributed by atoms with van der Waals surface area (Å²) in [6.45, 7) is 3.99. The molecule has 118 valence electrons. The standard InChI is InChI=1S/C11H12N4O4S3/c1-7(2)20-11-13-12-10(21-11)14-22(18,19)9-5-3-8(4-6-9)15(16)17/h3-7H,1-2H3,(H,12,14). The van der Waals surface area contributed by atoms with Crippen molar-refractivity contribution in [3.05, 3.63) is 34.4 Å². The van der Waals surface area contributed by atoms with Gasteiger partial charge in [-0.1, -0.05) is 36.9 Å². The second-order valence-electron chi connectivity index (χ2n) is 4.40. The van der Waals surface area contributed by atoms with E-state index < -0.39 is 14.9 Å². The highest BCUT2D eigenvalue weighted by Gasteiger charge is 2.18. The molecule has 8 nitrogen and oxygen atoms in total. The monoisotopic (exact) mass is 360 g/mol. The third-order valence-corrected chi connectivity index (χ3v) is 5.73. The van der Waals surface area contributed by atoms with E-state index in [0.717, 1.165) is 23.5 Å². The molecular formula is C11H12N4O4S3. The van der Waals surface area contributed by atoms with E-state index in [9.17, 15) is 18.5 Å². The van der Waals surface area contributed by atoms with Crippen molar-refractivity contribution in [2.45, 2.75) is 28.3 Å². The Morgan fingerprint density at radius 3 is 2.45 bits per heavy atom. The van der Waals surface area contributed by atoms with Crippen LogP contribution >= 0.6 is 23.1 Å². The van der Waals surface area contributed by atoms with Gasteiger partial charge in [-0.15, -0.1) is 10.2 Å². The molecular weight excluding hydrogens is 348 g/mol. The molecule has 0 spiro atoms. The second kappa shape index (κ2) is 6.58. The van der Waals surface area contributed by atoms with Gasteiger partial charge in [0.15, 0.2) is 4.34 Å². The minimum atomic E-state index is -3.84. The third kappa shape index (κ3) is 4.15. The highest BCUT2D eigenvalue weighted by molar-refractivity contribution is 8.01. The summed E-state index contributed by atoms with van der Waals surface area (Å²) in [5.74, 6) is 0. The summed E-state index contributed by atoms with van der Waals surface area (Å²) in [4.78, 5) is 9.89. The number of nitrogens with one attached hydrogen (secondary N) is 1. The fraction of sp³-hybridized carbons (Fsp3) is 0.273. The van der Waals surface area contributed by atoms with Gasteiger partial charge in [0.25, 0.3) is 15.7 Å². The summed E-state index contributed by atoms with van der Waals surface area (Å²) in [5.41, 5.74) is -0.175. The van der Waals surface area contributed by atoms with E-state index in [2.05, 4.69) is 14.9 Å². The number of nitro benzene ring substituents is 1. The van der Waals surface area contributed by atoms with Crippen LogP contribution in [0.1, 0.15) is 13.8 Å². The van der Waals surface area contributed by atoms with Gasteiger partial charge < -0.3 is 0 Å². The number of benzene rings is 1. The Bertz CT molecular complexity index is 771. The molecule has 0 fully saturated rings. The van der Waals surface area contributed by atoms with Crippen LogP contribution in [0.2, 0.25) is 0 Å². The largest absolute Gasteiger partial charge is 0.269 e. The van der Waals surface area contributed by atoms with Crippen LogP contribution in [0, 0.1) is 10.1 Å². The first kappa shape index (κ1) is 16.6. The fourth-order valence-corrected chi connectivity index (χ4v) is 4.63. The topological polar surface area (TPSA) is 115 Å². The van der Waals surface area contributed by atoms with Crippen LogP contribution in [0.4, 0.5) is 10.8 Å². The Balaban J connectivity index is 2.16. The average Bonchev–Trinajstić information content (AvgIpc) is 2.84. The summed E-state index contributed by atoms with van der Waals surface area (Å²) >= 11 is 2.61. The van der Waals surface area contributed by atoms with Gasteiger partial charge in [0.05, 0.1) is 9.82 Å². The lowest BCUT2D eigenvalue weighted by Crippen LogP contribution is -2.12. The quantitative estimate of drug-likeness (QED) is 0.478. The van der Waals surface area contributed by atoms with Crippen LogP contribution in [0.3, 0.4) is 0 Å². The zero-order valence-corrected chi connectivity index (χ0v) is 14.0. The van der Waals surface area contributed by atoms with E-state index in [0.29, 0.717) is 9.59 Å². The van der Waals surface area contributed by atoms with Crippen LogP contribution in [0.25, 0.3) is 0 Å². The average molecular weight is 360 g/mol. The molecule has 1 aromatic carbocycles. The van der Waals surface area contributed by atoms with Gasteiger partial charge >= 0.3 is 0 Å². The van der Waals surface area contributed by atoms with Gasteiger partial charge in [-0.2, -0.15) is 0 Å². The molecule has 0 unspecified atom stereocenters. The van der Waals surface area contributed by atoms with E-state index in [-0.39, 0.29) is 15.7 Å². The molecule has 0 radical (unpaired) electrons. The number of aromatic nitrogens is 2. The molecule has 0 aliphatic heterocycles. The molecule has 2 rings (SSSR count). The molecule has 0 saturated heterocycles. The van der Waals surface area contributed by atoms with Gasteiger partial charge in [-0.3, -0.25) is 14.8 Å². The lowest BCUT2D eigenvalue weighted by molar-refractivity contribution is -0.384. The van der Waals surface area contributed by atoms with Crippen molar-refractivity contribution in [2.75, 3.05) is 4.72 Å². The summed E-state index contributed by atoms with van der Waals surface area (Å²) in [6.07, 6.45) is 0. The van der Waals surface area contributed by atoms with Crippen molar-refractivity contribution in [2.24, 2.45) is 0 Å². The van der Waals surface area contributed by atoms with E-state index in [4.69, 9.17) is 0 Å². The fourth-order valence-electron chi connectivity index (χ4n) is 1.42. The number of hydrogen-bond donors (Lipinski definition) is 1. The minimum absolute atomic E-state index is 0.0774. The molecule has 2 aromatic rings. The summed E-state index contributed by atoms with van der Waals surface area (Å²) in [7, 11) is -3.84. The first-order chi connectivity index (χ1) is 10.3. The summed E-state index contributed by atoms with van der Waals surface area (Å²) in [5, 5.41) is 18.7. The Morgan fingerprint density at radius 2 is 1.91 bits per heavy atom. The molecule has 0 saturated carbocycles. The van der Waals surface area contributed by atoms with Gasteiger partial charge in [0.1, 0.15) is 0 Å². The molecule has 0 aliphatic carbocycles. The molecule has 0 atom stereocenters. The molecule has 0 amide bonds.